The monoisotopic (exact) mass is 325 g/mol. The molecular weight excluding hydrogens is 302 g/mol. The maximum Gasteiger partial charge on any atom is 0.238 e. The maximum absolute atomic E-state index is 12.1. The highest BCUT2D eigenvalue weighted by Crippen LogP contribution is 2.20. The summed E-state index contributed by atoms with van der Waals surface area (Å²) in [6.45, 7) is 6.66. The van der Waals surface area contributed by atoms with Crippen LogP contribution in [0.1, 0.15) is 29.4 Å². The Balaban J connectivity index is 0.00000264. The molecule has 0 aliphatic rings. The second-order valence-corrected chi connectivity index (χ2v) is 8.18. The molecule has 2 aromatic rings. The first-order valence-corrected chi connectivity index (χ1v) is 8.22. The summed E-state index contributed by atoms with van der Waals surface area (Å²) in [6, 6.07) is 6.75. The Kier molecular flexibility index (Phi) is 4.32. The van der Waals surface area contributed by atoms with E-state index in [0.29, 0.717) is 17.5 Å². The third-order valence-corrected chi connectivity index (χ3v) is 4.92. The van der Waals surface area contributed by atoms with E-state index in [1.165, 1.54) is 0 Å². The van der Waals surface area contributed by atoms with Crippen molar-refractivity contribution in [2.45, 2.75) is 32.4 Å². The first-order chi connectivity index (χ1) is 10.2. The molecule has 0 saturated heterocycles. The van der Waals surface area contributed by atoms with E-state index in [1.807, 2.05) is 0 Å². The quantitative estimate of drug-likeness (QED) is 0.897. The van der Waals surface area contributed by atoms with Crippen LogP contribution in [0.5, 0.6) is 0 Å². The molecule has 0 aliphatic carbocycles. The van der Waals surface area contributed by atoms with Crippen molar-refractivity contribution in [2.24, 2.45) is 0 Å². The molecule has 2 heterocycles. The number of pyridine rings is 1. The lowest BCUT2D eigenvalue weighted by Crippen LogP contribution is -2.34. The van der Waals surface area contributed by atoms with Crippen molar-refractivity contribution >= 4 is 27.5 Å². The van der Waals surface area contributed by atoms with E-state index in [4.69, 9.17) is 0 Å². The smallest absolute Gasteiger partial charge is 0.238 e. The van der Waals surface area contributed by atoms with Gasteiger partial charge in [-0.05, 0) is 45.9 Å². The highest BCUT2D eigenvalue weighted by molar-refractivity contribution is 7.94. The molecule has 0 fully saturated rings. The van der Waals surface area contributed by atoms with E-state index < -0.39 is 14.8 Å². The van der Waals surface area contributed by atoms with E-state index >= 15 is 0 Å². The minimum atomic E-state index is -3.51. The third-order valence-electron chi connectivity index (χ3n) is 2.83. The van der Waals surface area contributed by atoms with Crippen LogP contribution in [-0.4, -0.2) is 28.1 Å². The molecular formula is C14H23N5O2S. The van der Waals surface area contributed by atoms with Gasteiger partial charge in [0, 0.05) is 9.05 Å². The van der Waals surface area contributed by atoms with Gasteiger partial charge in [0.25, 0.3) is 0 Å². The number of hydrogen-bond donors (Lipinski definition) is 2. The minimum Gasteiger partial charge on any atom is -0.325 e. The average molecular weight is 325 g/mol. The molecule has 0 bridgehead atoms. The van der Waals surface area contributed by atoms with Crippen LogP contribution < -0.4 is 10.0 Å². The summed E-state index contributed by atoms with van der Waals surface area (Å²) in [5.74, 6) is 1.98. The Morgan fingerprint density at radius 1 is 1.05 bits per heavy atom. The van der Waals surface area contributed by atoms with Crippen molar-refractivity contribution in [3.05, 3.63) is 36.3 Å². The van der Waals surface area contributed by atoms with Gasteiger partial charge in [-0.1, -0.05) is 6.07 Å². The molecule has 0 radical (unpaired) electrons. The van der Waals surface area contributed by atoms with Crippen molar-refractivity contribution in [3.63, 3.8) is 0 Å². The van der Waals surface area contributed by atoms with Crippen molar-refractivity contribution in [1.82, 2.24) is 15.0 Å². The van der Waals surface area contributed by atoms with Crippen LogP contribution in [0.25, 0.3) is 0 Å². The van der Waals surface area contributed by atoms with E-state index in [0.717, 1.165) is 0 Å². The van der Waals surface area contributed by atoms with Crippen LogP contribution in [0.4, 0.5) is 17.5 Å². The maximum atomic E-state index is 12.1. The fraction of sp³-hybridized carbons (Fsp3) is 0.357. The second-order valence-electron chi connectivity index (χ2n) is 5.74. The molecule has 2 rings (SSSR count). The zero-order valence-electron chi connectivity index (χ0n) is 13.0. The van der Waals surface area contributed by atoms with E-state index in [9.17, 15) is 8.42 Å². The minimum absolute atomic E-state index is 0. The number of sulfonamides is 1. The predicted octanol–water partition coefficient (Wildman–Crippen LogP) is 2.96. The van der Waals surface area contributed by atoms with E-state index in [2.05, 4.69) is 25.0 Å². The zero-order chi connectivity index (χ0) is 16.4. The third kappa shape index (κ3) is 3.91. The Hall–Kier alpha value is -2.22. The van der Waals surface area contributed by atoms with Crippen LogP contribution in [0.2, 0.25) is 0 Å². The summed E-state index contributed by atoms with van der Waals surface area (Å²) < 4.78 is 25.9. The second kappa shape index (κ2) is 5.88. The van der Waals surface area contributed by atoms with Gasteiger partial charge in [0.2, 0.25) is 10.0 Å². The summed E-state index contributed by atoms with van der Waals surface area (Å²) in [4.78, 5) is 12.5. The van der Waals surface area contributed by atoms with Gasteiger partial charge in [-0.2, -0.15) is 0 Å². The van der Waals surface area contributed by atoms with Gasteiger partial charge >= 0.3 is 0 Å². The van der Waals surface area contributed by atoms with Gasteiger partial charge < -0.3 is 5.32 Å². The summed E-state index contributed by atoms with van der Waals surface area (Å²) in [5.41, 5.74) is 0. The SMILES string of the molecule is Cc1nccc(Nc2cccc(NS(=O)(=O)C(C)(C)C)n2)n1.[HH].[HH]. The van der Waals surface area contributed by atoms with Gasteiger partial charge in [-0.25, -0.2) is 23.4 Å². The Bertz CT molecular complexity index is 779. The molecule has 2 aromatic heterocycles. The van der Waals surface area contributed by atoms with Gasteiger partial charge in [0.05, 0.1) is 4.75 Å². The van der Waals surface area contributed by atoms with Crippen molar-refractivity contribution in [3.8, 4) is 0 Å². The van der Waals surface area contributed by atoms with Gasteiger partial charge in [-0.3, -0.25) is 4.72 Å². The first kappa shape index (κ1) is 16.2. The standard InChI is InChI=1S/C14H19N5O2S.2H2/c1-10-15-9-8-12(16-10)17-11-6-5-7-13(18-11)19-22(20,21)14(2,3)4;;/h5-9H,1-4H3,(H2,15,16,17,18,19);2*1H. The molecule has 0 spiro atoms. The topological polar surface area (TPSA) is 96.9 Å². The summed E-state index contributed by atoms with van der Waals surface area (Å²) in [6.07, 6.45) is 1.64. The van der Waals surface area contributed by atoms with Crippen molar-refractivity contribution in [2.75, 3.05) is 10.0 Å². The lowest BCUT2D eigenvalue weighted by molar-refractivity contribution is 0.566. The molecule has 0 aromatic carbocycles. The van der Waals surface area contributed by atoms with Crippen molar-refractivity contribution < 1.29 is 11.3 Å². The Labute approximate surface area is 133 Å². The lowest BCUT2D eigenvalue weighted by atomic mass is 10.3. The average Bonchev–Trinajstić information content (AvgIpc) is 2.37. The molecule has 8 heteroatoms. The number of aromatic nitrogens is 3. The fourth-order valence-electron chi connectivity index (χ4n) is 1.51. The normalized spacial score (nSPS) is 12.0. The molecule has 22 heavy (non-hydrogen) atoms. The largest absolute Gasteiger partial charge is 0.325 e. The Morgan fingerprint density at radius 2 is 1.68 bits per heavy atom. The van der Waals surface area contributed by atoms with Crippen LogP contribution in [0.3, 0.4) is 0 Å². The number of aryl methyl sites for hydroxylation is 1. The number of anilines is 3. The van der Waals surface area contributed by atoms with E-state index in [-0.39, 0.29) is 8.67 Å². The van der Waals surface area contributed by atoms with Crippen LogP contribution in [0, 0.1) is 6.92 Å². The number of hydrogen-bond acceptors (Lipinski definition) is 6. The lowest BCUT2D eigenvalue weighted by Gasteiger charge is -2.20. The first-order valence-electron chi connectivity index (χ1n) is 6.73. The predicted molar refractivity (Wildman–Crippen MR) is 90.8 cm³/mol. The number of nitrogens with one attached hydrogen (secondary N) is 2. The highest BCUT2D eigenvalue weighted by Gasteiger charge is 2.29. The van der Waals surface area contributed by atoms with Gasteiger partial charge in [0.15, 0.2) is 0 Å². The van der Waals surface area contributed by atoms with Gasteiger partial charge in [0.1, 0.15) is 23.3 Å². The molecule has 0 aliphatic heterocycles. The molecule has 122 valence electrons. The zero-order valence-corrected chi connectivity index (χ0v) is 13.8. The van der Waals surface area contributed by atoms with Gasteiger partial charge in [-0.15, -0.1) is 0 Å². The Morgan fingerprint density at radius 3 is 2.32 bits per heavy atom. The molecule has 2 N–H and O–H groups in total. The number of rotatable bonds is 4. The highest BCUT2D eigenvalue weighted by atomic mass is 32.2. The molecule has 7 nitrogen and oxygen atoms in total. The molecule has 0 atom stereocenters. The van der Waals surface area contributed by atoms with E-state index in [1.54, 1.807) is 58.2 Å². The van der Waals surface area contributed by atoms with Crippen LogP contribution in [0.15, 0.2) is 30.5 Å². The number of nitrogens with zero attached hydrogens (tertiary/aromatic N) is 3. The van der Waals surface area contributed by atoms with Crippen LogP contribution in [-0.2, 0) is 10.0 Å². The molecule has 0 saturated carbocycles. The van der Waals surface area contributed by atoms with Crippen molar-refractivity contribution in [1.29, 1.82) is 0 Å². The fourth-order valence-corrected chi connectivity index (χ4v) is 2.20. The molecule has 0 amide bonds. The van der Waals surface area contributed by atoms with Crippen LogP contribution >= 0.6 is 0 Å². The molecule has 0 unspecified atom stereocenters. The summed E-state index contributed by atoms with van der Waals surface area (Å²) >= 11 is 0. The summed E-state index contributed by atoms with van der Waals surface area (Å²) in [5, 5.41) is 3.01. The summed E-state index contributed by atoms with van der Waals surface area (Å²) in [7, 11) is -3.51.